The first-order chi connectivity index (χ1) is 7.11. The highest BCUT2D eigenvalue weighted by molar-refractivity contribution is 8.14. The summed E-state index contributed by atoms with van der Waals surface area (Å²) in [5.74, 6) is 0.717. The van der Waals surface area contributed by atoms with Gasteiger partial charge in [0.2, 0.25) is 5.91 Å². The Kier molecular flexibility index (Phi) is 2.91. The van der Waals surface area contributed by atoms with Crippen molar-refractivity contribution in [1.82, 2.24) is 5.32 Å². The Morgan fingerprint density at radius 3 is 2.87 bits per heavy atom. The molecule has 2 rings (SSSR count). The lowest BCUT2D eigenvalue weighted by Crippen LogP contribution is -2.41. The summed E-state index contributed by atoms with van der Waals surface area (Å²) in [4.78, 5) is 15.2. The molecular weight excluding hydrogens is 210 g/mol. The number of primary amides is 1. The number of carbonyl (C=O) groups is 1. The number of rotatable bonds is 2. The van der Waals surface area contributed by atoms with Gasteiger partial charge in [0.1, 0.15) is 6.04 Å². The smallest absolute Gasteiger partial charge is 0.242 e. The van der Waals surface area contributed by atoms with E-state index in [1.54, 1.807) is 18.7 Å². The molecule has 1 atom stereocenters. The zero-order chi connectivity index (χ0) is 10.9. The van der Waals surface area contributed by atoms with Gasteiger partial charge >= 0.3 is 0 Å². The van der Waals surface area contributed by atoms with Crippen molar-refractivity contribution in [1.29, 1.82) is 0 Å². The minimum Gasteiger partial charge on any atom is -0.368 e. The lowest BCUT2D eigenvalue weighted by Gasteiger charge is -2.21. The van der Waals surface area contributed by atoms with E-state index in [9.17, 15) is 4.79 Å². The van der Waals surface area contributed by atoms with E-state index in [0.29, 0.717) is 0 Å². The van der Waals surface area contributed by atoms with Crippen molar-refractivity contribution in [3.05, 3.63) is 0 Å². The van der Waals surface area contributed by atoms with Gasteiger partial charge in [-0.25, -0.2) is 4.99 Å². The maximum absolute atomic E-state index is 10.9. The average Bonchev–Trinajstić information content (AvgIpc) is 2.78. The number of nitrogens with two attached hydrogens (primary N) is 1. The molecule has 1 saturated carbocycles. The Bertz CT molecular complexity index is 297. The largest absolute Gasteiger partial charge is 0.368 e. The number of nitrogens with zero attached hydrogens (tertiary/aromatic N) is 1. The second kappa shape index (κ2) is 4.04. The molecule has 1 amide bonds. The summed E-state index contributed by atoms with van der Waals surface area (Å²) in [6.45, 7) is 1.73. The Morgan fingerprint density at radius 1 is 1.60 bits per heavy atom. The molecule has 0 aromatic heterocycles. The molecule has 1 aliphatic heterocycles. The minimum atomic E-state index is -0.420. The van der Waals surface area contributed by atoms with E-state index >= 15 is 0 Å². The quantitative estimate of drug-likeness (QED) is 0.735. The number of carbonyl (C=O) groups excluding carboxylic acids is 1. The lowest BCUT2D eigenvalue weighted by molar-refractivity contribution is -0.118. The predicted molar refractivity (Wildman–Crippen MR) is 62.9 cm³/mol. The van der Waals surface area contributed by atoms with E-state index < -0.39 is 6.04 Å². The number of hydrogen-bond donors (Lipinski definition) is 2. The standard InChI is InChI=1S/C10H17N3OS/c1-7(8(11)14)12-9-13-10(6-15-9)4-2-3-5-10/h7H,2-6H2,1H3,(H2,11,14)(H,12,13). The van der Waals surface area contributed by atoms with Gasteiger partial charge in [-0.3, -0.25) is 4.79 Å². The van der Waals surface area contributed by atoms with E-state index in [2.05, 4.69) is 10.3 Å². The summed E-state index contributed by atoms with van der Waals surface area (Å²) >= 11 is 1.72. The molecule has 1 aliphatic carbocycles. The summed E-state index contributed by atoms with van der Waals surface area (Å²) in [5, 5.41) is 4.35. The second-order valence-corrected chi connectivity index (χ2v) is 5.38. The predicted octanol–water partition coefficient (Wildman–Crippen LogP) is 0.865. The van der Waals surface area contributed by atoms with E-state index in [4.69, 9.17) is 5.73 Å². The molecule has 0 aromatic carbocycles. The lowest BCUT2D eigenvalue weighted by atomic mass is 10.0. The van der Waals surface area contributed by atoms with Crippen LogP contribution in [0.5, 0.6) is 0 Å². The molecule has 0 bridgehead atoms. The third kappa shape index (κ3) is 2.27. The van der Waals surface area contributed by atoms with Gasteiger partial charge in [0, 0.05) is 11.3 Å². The van der Waals surface area contributed by atoms with Crippen LogP contribution in [-0.2, 0) is 4.79 Å². The number of amides is 1. The highest BCUT2D eigenvalue weighted by Gasteiger charge is 2.39. The van der Waals surface area contributed by atoms with E-state index in [1.807, 2.05) is 0 Å². The van der Waals surface area contributed by atoms with E-state index in [1.165, 1.54) is 25.7 Å². The topological polar surface area (TPSA) is 67.5 Å². The Labute approximate surface area is 94.1 Å². The van der Waals surface area contributed by atoms with Crippen LogP contribution in [-0.4, -0.2) is 28.4 Å². The third-order valence-electron chi connectivity index (χ3n) is 3.14. The monoisotopic (exact) mass is 227 g/mol. The second-order valence-electron chi connectivity index (χ2n) is 4.41. The Hall–Kier alpha value is -0.710. The molecule has 3 N–H and O–H groups in total. The van der Waals surface area contributed by atoms with Crippen LogP contribution in [0, 0.1) is 0 Å². The number of nitrogens with one attached hydrogen (secondary N) is 1. The number of aliphatic imine (C=N–C) groups is 1. The maximum atomic E-state index is 10.9. The normalized spacial score (nSPS) is 28.2. The SMILES string of the molecule is CC(N=C1NC2(CCCC2)CS1)C(N)=O. The first kappa shape index (κ1) is 10.8. The fourth-order valence-electron chi connectivity index (χ4n) is 2.14. The molecule has 1 spiro atoms. The van der Waals surface area contributed by atoms with E-state index in [0.717, 1.165) is 10.9 Å². The highest BCUT2D eigenvalue weighted by Crippen LogP contribution is 2.37. The molecule has 1 saturated heterocycles. The molecular formula is C10H17N3OS. The first-order valence-electron chi connectivity index (χ1n) is 5.39. The molecule has 15 heavy (non-hydrogen) atoms. The van der Waals surface area contributed by atoms with Crippen LogP contribution in [0.4, 0.5) is 0 Å². The fourth-order valence-corrected chi connectivity index (χ4v) is 3.43. The maximum Gasteiger partial charge on any atom is 0.242 e. The summed E-state index contributed by atoms with van der Waals surface area (Å²) in [7, 11) is 0. The Balaban J connectivity index is 2.00. The van der Waals surface area contributed by atoms with E-state index in [-0.39, 0.29) is 11.4 Å². The van der Waals surface area contributed by atoms with Gasteiger partial charge in [0.25, 0.3) is 0 Å². The van der Waals surface area contributed by atoms with Crippen LogP contribution in [0.3, 0.4) is 0 Å². The summed E-state index contributed by atoms with van der Waals surface area (Å²) in [6, 6.07) is -0.420. The van der Waals surface area contributed by atoms with Gasteiger partial charge < -0.3 is 11.1 Å². The summed E-state index contributed by atoms with van der Waals surface area (Å²) in [6.07, 6.45) is 5.05. The van der Waals surface area contributed by atoms with Gasteiger partial charge in [-0.05, 0) is 19.8 Å². The number of amidine groups is 1. The van der Waals surface area contributed by atoms with Gasteiger partial charge in [-0.1, -0.05) is 24.6 Å². The molecule has 2 aliphatic rings. The molecule has 4 nitrogen and oxygen atoms in total. The molecule has 1 unspecified atom stereocenters. The molecule has 1 heterocycles. The van der Waals surface area contributed by atoms with Gasteiger partial charge in [0.05, 0.1) is 0 Å². The highest BCUT2D eigenvalue weighted by atomic mass is 32.2. The van der Waals surface area contributed by atoms with Crippen LogP contribution < -0.4 is 11.1 Å². The number of hydrogen-bond acceptors (Lipinski definition) is 3. The minimum absolute atomic E-state index is 0.265. The first-order valence-corrected chi connectivity index (χ1v) is 6.38. The van der Waals surface area contributed by atoms with Crippen LogP contribution in [0.25, 0.3) is 0 Å². The van der Waals surface area contributed by atoms with Crippen molar-refractivity contribution in [2.24, 2.45) is 10.7 Å². The third-order valence-corrected chi connectivity index (χ3v) is 4.32. The molecule has 84 valence electrons. The van der Waals surface area contributed by atoms with Crippen LogP contribution in [0.2, 0.25) is 0 Å². The summed E-state index contributed by atoms with van der Waals surface area (Å²) in [5.41, 5.74) is 5.44. The van der Waals surface area contributed by atoms with Crippen LogP contribution >= 0.6 is 11.8 Å². The van der Waals surface area contributed by atoms with Gasteiger partial charge in [0.15, 0.2) is 5.17 Å². The van der Waals surface area contributed by atoms with Gasteiger partial charge in [-0.2, -0.15) is 0 Å². The van der Waals surface area contributed by atoms with Crippen LogP contribution in [0.1, 0.15) is 32.6 Å². The van der Waals surface area contributed by atoms with Crippen molar-refractivity contribution in [2.45, 2.75) is 44.2 Å². The average molecular weight is 227 g/mol. The molecule has 2 fully saturated rings. The zero-order valence-electron chi connectivity index (χ0n) is 8.95. The molecule has 0 aromatic rings. The molecule has 5 heteroatoms. The fraction of sp³-hybridized carbons (Fsp3) is 0.800. The van der Waals surface area contributed by atoms with Crippen molar-refractivity contribution < 1.29 is 4.79 Å². The molecule has 0 radical (unpaired) electrons. The van der Waals surface area contributed by atoms with Crippen LogP contribution in [0.15, 0.2) is 4.99 Å². The summed E-state index contributed by atoms with van der Waals surface area (Å²) < 4.78 is 0. The van der Waals surface area contributed by atoms with Crippen molar-refractivity contribution >= 4 is 22.8 Å². The van der Waals surface area contributed by atoms with Crippen molar-refractivity contribution in [3.63, 3.8) is 0 Å². The van der Waals surface area contributed by atoms with Crippen molar-refractivity contribution in [3.8, 4) is 0 Å². The zero-order valence-corrected chi connectivity index (χ0v) is 9.77. The number of thioether (sulfide) groups is 1. The Morgan fingerprint density at radius 2 is 2.27 bits per heavy atom. The van der Waals surface area contributed by atoms with Gasteiger partial charge in [-0.15, -0.1) is 0 Å². The van der Waals surface area contributed by atoms with Crippen molar-refractivity contribution in [2.75, 3.05) is 5.75 Å².